The molecule has 0 atom stereocenters. The number of carbonyl (C=O) groups excluding carboxylic acids is 2. The number of hydrogen-bond acceptors (Lipinski definition) is 3. The Kier molecular flexibility index (Phi) is 3.86. The number of ether oxygens (including phenoxy) is 1. The van der Waals surface area contributed by atoms with E-state index in [0.29, 0.717) is 0 Å². The summed E-state index contributed by atoms with van der Waals surface area (Å²) in [6, 6.07) is 0. The van der Waals surface area contributed by atoms with Crippen molar-refractivity contribution < 1.29 is 19.1 Å². The van der Waals surface area contributed by atoms with Crippen molar-refractivity contribution in [3.63, 3.8) is 0 Å². The quantitative estimate of drug-likeness (QED) is 0.199. The van der Waals surface area contributed by atoms with Crippen molar-refractivity contribution >= 4 is 17.5 Å². The molecule has 5 nitrogen and oxygen atoms in total. The number of Topliss-reactive ketones (excluding diaryl/α,β-unsaturated/α-hetero) is 1. The van der Waals surface area contributed by atoms with Gasteiger partial charge in [0.25, 0.3) is 0 Å². The summed E-state index contributed by atoms with van der Waals surface area (Å²) in [6.45, 7) is 4.39. The Morgan fingerprint density at radius 3 is 2.17 bits per heavy atom. The first kappa shape index (κ1) is 10.5. The Hall–Kier alpha value is -1.48. The lowest BCUT2D eigenvalue weighted by atomic mass is 10.3. The molecule has 0 N–H and O–H groups in total. The van der Waals surface area contributed by atoms with Crippen LogP contribution in [-0.4, -0.2) is 28.4 Å². The second-order valence-corrected chi connectivity index (χ2v) is 2.46. The van der Waals surface area contributed by atoms with Gasteiger partial charge in [-0.1, -0.05) is 0 Å². The SMILES string of the molecule is CC(=O)C(=[N+]=[N-])C(=O)OC(C)C. The molecule has 66 valence electrons. The van der Waals surface area contributed by atoms with Gasteiger partial charge in [0.2, 0.25) is 5.78 Å². The zero-order chi connectivity index (χ0) is 9.72. The van der Waals surface area contributed by atoms with Gasteiger partial charge in [0, 0.05) is 6.92 Å². The summed E-state index contributed by atoms with van der Waals surface area (Å²) in [4.78, 5) is 24.0. The molecule has 0 amide bonds. The number of rotatable bonds is 3. The average Bonchev–Trinajstić information content (AvgIpc) is 1.85. The van der Waals surface area contributed by atoms with E-state index in [-0.39, 0.29) is 6.10 Å². The van der Waals surface area contributed by atoms with Crippen molar-refractivity contribution in [3.8, 4) is 0 Å². The van der Waals surface area contributed by atoms with Crippen molar-refractivity contribution in [3.05, 3.63) is 5.53 Å². The largest absolute Gasteiger partial charge is 0.454 e. The van der Waals surface area contributed by atoms with Crippen LogP contribution in [0, 0.1) is 0 Å². The first-order valence-corrected chi connectivity index (χ1v) is 3.43. The van der Waals surface area contributed by atoms with Gasteiger partial charge in [0.1, 0.15) is 0 Å². The van der Waals surface area contributed by atoms with E-state index in [2.05, 4.69) is 9.53 Å². The van der Waals surface area contributed by atoms with Gasteiger partial charge >= 0.3 is 11.7 Å². The second-order valence-electron chi connectivity index (χ2n) is 2.46. The summed E-state index contributed by atoms with van der Waals surface area (Å²) in [6.07, 6.45) is -0.339. The molecule has 0 aliphatic heterocycles. The fourth-order valence-corrected chi connectivity index (χ4v) is 0.525. The van der Waals surface area contributed by atoms with Crippen LogP contribution < -0.4 is 0 Å². The molecular weight excluding hydrogens is 160 g/mol. The van der Waals surface area contributed by atoms with Crippen LogP contribution in [0.25, 0.3) is 5.53 Å². The normalized spacial score (nSPS) is 9.00. The van der Waals surface area contributed by atoms with Crippen molar-refractivity contribution in [1.82, 2.24) is 0 Å². The first-order valence-electron chi connectivity index (χ1n) is 3.43. The van der Waals surface area contributed by atoms with E-state index in [1.807, 2.05) is 0 Å². The number of esters is 1. The van der Waals surface area contributed by atoms with E-state index >= 15 is 0 Å². The molecule has 0 radical (unpaired) electrons. The molecule has 0 unspecified atom stereocenters. The predicted octanol–water partition coefficient (Wildman–Crippen LogP) is 0.198. The zero-order valence-corrected chi connectivity index (χ0v) is 7.20. The van der Waals surface area contributed by atoms with Gasteiger partial charge in [-0.3, -0.25) is 4.79 Å². The Morgan fingerprint density at radius 1 is 1.42 bits per heavy atom. The summed E-state index contributed by atoms with van der Waals surface area (Å²) < 4.78 is 4.61. The van der Waals surface area contributed by atoms with Crippen LogP contribution in [0.1, 0.15) is 20.8 Å². The van der Waals surface area contributed by atoms with Crippen LogP contribution in [0.15, 0.2) is 0 Å². The maximum absolute atomic E-state index is 10.9. The van der Waals surface area contributed by atoms with Gasteiger partial charge in [0.05, 0.1) is 6.10 Å². The van der Waals surface area contributed by atoms with Crippen LogP contribution in [0.4, 0.5) is 0 Å². The van der Waals surface area contributed by atoms with Gasteiger partial charge < -0.3 is 10.3 Å². The molecule has 0 saturated heterocycles. The molecule has 0 rings (SSSR count). The molecule has 0 aliphatic rings. The lowest BCUT2D eigenvalue weighted by Gasteiger charge is -2.02. The third kappa shape index (κ3) is 3.07. The topological polar surface area (TPSA) is 79.8 Å². The fourth-order valence-electron chi connectivity index (χ4n) is 0.525. The Labute approximate surface area is 69.9 Å². The van der Waals surface area contributed by atoms with Crippen molar-refractivity contribution in [2.75, 3.05) is 0 Å². The lowest BCUT2D eigenvalue weighted by Crippen LogP contribution is -2.27. The Bertz CT molecular complexity index is 251. The van der Waals surface area contributed by atoms with E-state index < -0.39 is 17.5 Å². The average molecular weight is 170 g/mol. The minimum atomic E-state index is -0.903. The van der Waals surface area contributed by atoms with Crippen LogP contribution in [0.5, 0.6) is 0 Å². The standard InChI is InChI=1S/C7H10N2O3/c1-4(2)12-7(11)6(9-8)5(3)10/h4H,1-3H3. The van der Waals surface area contributed by atoms with Gasteiger partial charge in [0.15, 0.2) is 0 Å². The Morgan fingerprint density at radius 2 is 1.92 bits per heavy atom. The molecule has 0 aromatic heterocycles. The second kappa shape index (κ2) is 4.41. The van der Waals surface area contributed by atoms with E-state index in [9.17, 15) is 9.59 Å². The molecule has 0 spiro atoms. The van der Waals surface area contributed by atoms with E-state index in [1.165, 1.54) is 0 Å². The van der Waals surface area contributed by atoms with Gasteiger partial charge in [-0.05, 0) is 13.8 Å². The van der Waals surface area contributed by atoms with Gasteiger partial charge in [-0.15, -0.1) is 0 Å². The van der Waals surface area contributed by atoms with E-state index in [4.69, 9.17) is 5.53 Å². The third-order valence-corrected chi connectivity index (χ3v) is 0.970. The van der Waals surface area contributed by atoms with E-state index in [0.717, 1.165) is 6.92 Å². The monoisotopic (exact) mass is 170 g/mol. The van der Waals surface area contributed by atoms with E-state index in [1.54, 1.807) is 13.8 Å². The highest BCUT2D eigenvalue weighted by atomic mass is 16.5. The maximum atomic E-state index is 10.9. The van der Waals surface area contributed by atoms with Crippen LogP contribution >= 0.6 is 0 Å². The molecule has 0 aromatic rings. The molecule has 0 fully saturated rings. The maximum Gasteiger partial charge on any atom is 0.441 e. The summed E-state index contributed by atoms with van der Waals surface area (Å²) in [5, 5.41) is 0. The summed E-state index contributed by atoms with van der Waals surface area (Å²) in [7, 11) is 0. The molecular formula is C7H10N2O3. The minimum absolute atomic E-state index is 0.339. The number of nitrogens with zero attached hydrogens (tertiary/aromatic N) is 2. The smallest absolute Gasteiger partial charge is 0.441 e. The molecule has 12 heavy (non-hydrogen) atoms. The van der Waals surface area contributed by atoms with Crippen molar-refractivity contribution in [1.29, 1.82) is 0 Å². The molecule has 0 saturated carbocycles. The van der Waals surface area contributed by atoms with Crippen LogP contribution in [0.3, 0.4) is 0 Å². The molecule has 0 bridgehead atoms. The summed E-state index contributed by atoms with van der Waals surface area (Å²) in [5.74, 6) is -1.52. The number of ketones is 1. The molecule has 5 heteroatoms. The van der Waals surface area contributed by atoms with Crippen LogP contribution in [0.2, 0.25) is 0 Å². The third-order valence-electron chi connectivity index (χ3n) is 0.970. The summed E-state index contributed by atoms with van der Waals surface area (Å²) >= 11 is 0. The van der Waals surface area contributed by atoms with Crippen molar-refractivity contribution in [2.24, 2.45) is 0 Å². The zero-order valence-electron chi connectivity index (χ0n) is 7.20. The summed E-state index contributed by atoms with van der Waals surface area (Å²) in [5.41, 5.74) is 7.67. The Balaban J connectivity index is 4.47. The number of carbonyl (C=O) groups is 2. The fraction of sp³-hybridized carbons (Fsp3) is 0.571. The highest BCUT2D eigenvalue weighted by Gasteiger charge is 2.27. The van der Waals surface area contributed by atoms with Gasteiger partial charge in [-0.2, -0.15) is 4.79 Å². The highest BCUT2D eigenvalue weighted by molar-refractivity contribution is 6.61. The predicted molar refractivity (Wildman–Crippen MR) is 40.5 cm³/mol. The highest BCUT2D eigenvalue weighted by Crippen LogP contribution is 1.90. The molecule has 0 heterocycles. The lowest BCUT2D eigenvalue weighted by molar-refractivity contribution is -0.145. The van der Waals surface area contributed by atoms with Crippen LogP contribution in [-0.2, 0) is 14.3 Å². The number of hydrogen-bond donors (Lipinski definition) is 0. The molecule has 0 aromatic carbocycles. The van der Waals surface area contributed by atoms with Gasteiger partial charge in [-0.25, -0.2) is 4.79 Å². The van der Waals surface area contributed by atoms with Crippen molar-refractivity contribution in [2.45, 2.75) is 26.9 Å². The molecule has 0 aliphatic carbocycles. The first-order chi connectivity index (χ1) is 5.49. The minimum Gasteiger partial charge on any atom is -0.454 e.